The standard InChI is InChI=1S/C16H15FN4O3S/c1-18-25(23,24)19-10-15-20-14-5-3-2-4-13(14)16(22)21(15)12-8-6-11(17)7-9-12/h2-9,18-19H,10H2,1H3. The third kappa shape index (κ3) is 3.58. The third-order valence-corrected chi connectivity index (χ3v) is 4.68. The lowest BCUT2D eigenvalue weighted by Gasteiger charge is -2.14. The Morgan fingerprint density at radius 2 is 1.80 bits per heavy atom. The van der Waals surface area contributed by atoms with Crippen LogP contribution < -0.4 is 15.0 Å². The van der Waals surface area contributed by atoms with E-state index in [1.54, 1.807) is 24.3 Å². The van der Waals surface area contributed by atoms with Crippen LogP contribution in [-0.4, -0.2) is 25.0 Å². The highest BCUT2D eigenvalue weighted by Gasteiger charge is 2.15. The van der Waals surface area contributed by atoms with Crippen molar-refractivity contribution in [2.24, 2.45) is 0 Å². The molecule has 0 atom stereocenters. The average molecular weight is 362 g/mol. The van der Waals surface area contributed by atoms with Crippen LogP contribution in [0, 0.1) is 5.82 Å². The zero-order valence-corrected chi connectivity index (χ0v) is 14.0. The summed E-state index contributed by atoms with van der Waals surface area (Å²) in [5, 5.41) is 0.382. The highest BCUT2D eigenvalue weighted by atomic mass is 32.2. The molecule has 0 fully saturated rings. The van der Waals surface area contributed by atoms with Gasteiger partial charge in [-0.25, -0.2) is 14.1 Å². The number of benzene rings is 2. The summed E-state index contributed by atoms with van der Waals surface area (Å²) < 4.78 is 42.2. The van der Waals surface area contributed by atoms with Gasteiger partial charge in [0, 0.05) is 7.05 Å². The molecule has 3 aromatic rings. The quantitative estimate of drug-likeness (QED) is 0.710. The molecule has 1 heterocycles. The largest absolute Gasteiger partial charge is 0.277 e. The van der Waals surface area contributed by atoms with Gasteiger partial charge in [0.05, 0.1) is 23.1 Å². The first-order chi connectivity index (χ1) is 11.9. The fourth-order valence-corrected chi connectivity index (χ4v) is 2.85. The molecule has 2 aromatic carbocycles. The minimum atomic E-state index is -3.70. The van der Waals surface area contributed by atoms with Crippen molar-refractivity contribution in [1.29, 1.82) is 0 Å². The minimum absolute atomic E-state index is 0.189. The fraction of sp³-hybridized carbons (Fsp3) is 0.125. The Hall–Kier alpha value is -2.62. The van der Waals surface area contributed by atoms with Crippen molar-refractivity contribution in [2.45, 2.75) is 6.54 Å². The summed E-state index contributed by atoms with van der Waals surface area (Å²) in [4.78, 5) is 17.3. The summed E-state index contributed by atoms with van der Waals surface area (Å²) in [6.07, 6.45) is 0. The molecule has 0 aliphatic rings. The summed E-state index contributed by atoms with van der Waals surface area (Å²) in [6.45, 7) is -0.208. The molecule has 0 unspecified atom stereocenters. The molecule has 0 aliphatic heterocycles. The SMILES string of the molecule is CNS(=O)(=O)NCc1nc2ccccc2c(=O)n1-c1ccc(F)cc1. The highest BCUT2D eigenvalue weighted by Crippen LogP contribution is 2.13. The molecule has 0 spiro atoms. The Morgan fingerprint density at radius 3 is 2.48 bits per heavy atom. The van der Waals surface area contributed by atoms with Gasteiger partial charge in [-0.05, 0) is 36.4 Å². The van der Waals surface area contributed by atoms with Crippen molar-refractivity contribution in [3.8, 4) is 5.69 Å². The first kappa shape index (κ1) is 17.2. The number of para-hydroxylation sites is 1. The van der Waals surface area contributed by atoms with Crippen molar-refractivity contribution in [1.82, 2.24) is 19.0 Å². The van der Waals surface area contributed by atoms with Gasteiger partial charge < -0.3 is 0 Å². The lowest BCUT2D eigenvalue weighted by molar-refractivity contribution is 0.569. The summed E-state index contributed by atoms with van der Waals surface area (Å²) in [5.41, 5.74) is 0.476. The first-order valence-corrected chi connectivity index (χ1v) is 8.84. The molecule has 3 rings (SSSR count). The van der Waals surface area contributed by atoms with Crippen LogP contribution in [0.5, 0.6) is 0 Å². The maximum atomic E-state index is 13.2. The molecule has 0 aliphatic carbocycles. The Labute approximate surface area is 143 Å². The topological polar surface area (TPSA) is 93.1 Å². The van der Waals surface area contributed by atoms with E-state index in [-0.39, 0.29) is 17.9 Å². The molecule has 9 heteroatoms. The Balaban J connectivity index is 2.20. The molecule has 0 saturated heterocycles. The molecule has 0 bridgehead atoms. The average Bonchev–Trinajstić information content (AvgIpc) is 2.61. The molecule has 130 valence electrons. The number of hydrogen-bond donors (Lipinski definition) is 2. The molecule has 2 N–H and O–H groups in total. The predicted molar refractivity (Wildman–Crippen MR) is 92.1 cm³/mol. The van der Waals surface area contributed by atoms with Crippen molar-refractivity contribution in [3.05, 3.63) is 70.5 Å². The van der Waals surface area contributed by atoms with Gasteiger partial charge >= 0.3 is 0 Å². The molecule has 0 radical (unpaired) electrons. The van der Waals surface area contributed by atoms with E-state index in [0.29, 0.717) is 16.6 Å². The lowest BCUT2D eigenvalue weighted by atomic mass is 10.2. The van der Waals surface area contributed by atoms with E-state index in [4.69, 9.17) is 0 Å². The molecule has 7 nitrogen and oxygen atoms in total. The van der Waals surface area contributed by atoms with Gasteiger partial charge in [0.25, 0.3) is 15.8 Å². The van der Waals surface area contributed by atoms with Gasteiger partial charge in [0.1, 0.15) is 11.6 Å². The summed E-state index contributed by atoms with van der Waals surface area (Å²) >= 11 is 0. The molecule has 0 saturated carbocycles. The van der Waals surface area contributed by atoms with Crippen LogP contribution in [0.15, 0.2) is 53.3 Å². The maximum Gasteiger partial charge on any atom is 0.277 e. The summed E-state index contributed by atoms with van der Waals surface area (Å²) in [5.74, 6) is -0.253. The van der Waals surface area contributed by atoms with Crippen LogP contribution in [0.2, 0.25) is 0 Å². The second kappa shape index (κ2) is 6.71. The number of nitrogens with zero attached hydrogens (tertiary/aromatic N) is 2. The van der Waals surface area contributed by atoms with Crippen molar-refractivity contribution in [2.75, 3.05) is 7.05 Å². The normalized spacial score (nSPS) is 11.8. The lowest BCUT2D eigenvalue weighted by Crippen LogP contribution is -2.36. The molecule has 1 aromatic heterocycles. The third-order valence-electron chi connectivity index (χ3n) is 3.62. The van der Waals surface area contributed by atoms with Gasteiger partial charge in [-0.1, -0.05) is 12.1 Å². The van der Waals surface area contributed by atoms with Crippen LogP contribution in [0.3, 0.4) is 0 Å². The zero-order valence-electron chi connectivity index (χ0n) is 13.2. The van der Waals surface area contributed by atoms with Gasteiger partial charge in [0.15, 0.2) is 0 Å². The van der Waals surface area contributed by atoms with Crippen LogP contribution in [-0.2, 0) is 16.8 Å². The minimum Gasteiger partial charge on any atom is -0.268 e. The summed E-state index contributed by atoms with van der Waals surface area (Å²) in [7, 11) is -2.44. The van der Waals surface area contributed by atoms with Gasteiger partial charge in [-0.3, -0.25) is 9.36 Å². The van der Waals surface area contributed by atoms with Crippen LogP contribution in [0.1, 0.15) is 5.82 Å². The van der Waals surface area contributed by atoms with Crippen LogP contribution >= 0.6 is 0 Å². The number of nitrogens with one attached hydrogen (secondary N) is 2. The van der Waals surface area contributed by atoms with Gasteiger partial charge in [-0.15, -0.1) is 0 Å². The second-order valence-corrected chi connectivity index (χ2v) is 6.89. The number of aromatic nitrogens is 2. The zero-order chi connectivity index (χ0) is 18.0. The summed E-state index contributed by atoms with van der Waals surface area (Å²) in [6, 6.07) is 12.1. The van der Waals surface area contributed by atoms with E-state index in [1.165, 1.54) is 35.9 Å². The molecular formula is C16H15FN4O3S. The van der Waals surface area contributed by atoms with Crippen molar-refractivity contribution < 1.29 is 12.8 Å². The number of hydrogen-bond acceptors (Lipinski definition) is 4. The maximum absolute atomic E-state index is 13.2. The van der Waals surface area contributed by atoms with E-state index in [9.17, 15) is 17.6 Å². The number of rotatable bonds is 5. The van der Waals surface area contributed by atoms with E-state index >= 15 is 0 Å². The predicted octanol–water partition coefficient (Wildman–Crippen LogP) is 1.08. The Kier molecular flexibility index (Phi) is 4.62. The Bertz CT molecular complexity index is 1080. The molecule has 0 amide bonds. The van der Waals surface area contributed by atoms with Crippen molar-refractivity contribution >= 4 is 21.1 Å². The molecular weight excluding hydrogens is 347 g/mol. The first-order valence-electron chi connectivity index (χ1n) is 7.36. The van der Waals surface area contributed by atoms with E-state index in [1.807, 2.05) is 0 Å². The Morgan fingerprint density at radius 1 is 1.12 bits per heavy atom. The number of halogens is 1. The van der Waals surface area contributed by atoms with E-state index in [2.05, 4.69) is 14.4 Å². The number of fused-ring (bicyclic) bond motifs is 1. The van der Waals surface area contributed by atoms with Gasteiger partial charge in [-0.2, -0.15) is 13.1 Å². The fourth-order valence-electron chi connectivity index (χ4n) is 2.39. The molecule has 25 heavy (non-hydrogen) atoms. The van der Waals surface area contributed by atoms with Crippen LogP contribution in [0.25, 0.3) is 16.6 Å². The van der Waals surface area contributed by atoms with Gasteiger partial charge in [0.2, 0.25) is 0 Å². The second-order valence-electron chi connectivity index (χ2n) is 5.19. The van der Waals surface area contributed by atoms with Crippen LogP contribution in [0.4, 0.5) is 4.39 Å². The van der Waals surface area contributed by atoms with Crippen molar-refractivity contribution in [3.63, 3.8) is 0 Å². The van der Waals surface area contributed by atoms with E-state index < -0.39 is 16.0 Å². The highest BCUT2D eigenvalue weighted by molar-refractivity contribution is 7.87. The van der Waals surface area contributed by atoms with E-state index in [0.717, 1.165) is 0 Å². The monoisotopic (exact) mass is 362 g/mol. The smallest absolute Gasteiger partial charge is 0.268 e.